The van der Waals surface area contributed by atoms with Crippen LogP contribution >= 0.6 is 0 Å². The van der Waals surface area contributed by atoms with Crippen LogP contribution in [0, 0.1) is 0 Å². The molecule has 1 unspecified atom stereocenters. The van der Waals surface area contributed by atoms with Crippen molar-refractivity contribution in [3.8, 4) is 0 Å². The number of allylic oxidation sites excluding steroid dienone is 3. The zero-order chi connectivity index (χ0) is 16.0. The van der Waals surface area contributed by atoms with Gasteiger partial charge in [0.2, 0.25) is 0 Å². The van der Waals surface area contributed by atoms with Crippen molar-refractivity contribution >= 4 is 11.8 Å². The lowest BCUT2D eigenvalue weighted by Gasteiger charge is -2.39. The second-order valence-electron chi connectivity index (χ2n) is 6.39. The van der Waals surface area contributed by atoms with Gasteiger partial charge in [-0.05, 0) is 35.5 Å². The van der Waals surface area contributed by atoms with Gasteiger partial charge in [-0.2, -0.15) is 0 Å². The molecule has 0 radical (unpaired) electrons. The van der Waals surface area contributed by atoms with E-state index in [4.69, 9.17) is 5.73 Å². The molecule has 0 heterocycles. The first-order chi connectivity index (χ1) is 10.6. The summed E-state index contributed by atoms with van der Waals surface area (Å²) < 4.78 is 0. The highest BCUT2D eigenvalue weighted by molar-refractivity contribution is 6.10. The molecule has 1 atom stereocenters. The van der Waals surface area contributed by atoms with Gasteiger partial charge in [0.15, 0.2) is 0 Å². The molecule has 0 aliphatic heterocycles. The molecule has 118 valence electrons. The van der Waals surface area contributed by atoms with E-state index in [-0.39, 0.29) is 5.54 Å². The van der Waals surface area contributed by atoms with Crippen LogP contribution in [0.15, 0.2) is 48.0 Å². The minimum Gasteiger partial charge on any atom is -0.325 e. The molecule has 2 heteroatoms. The first kappa shape index (κ1) is 16.7. The molecule has 1 fully saturated rings. The Morgan fingerprint density at radius 2 is 2.05 bits per heavy atom. The van der Waals surface area contributed by atoms with Crippen molar-refractivity contribution in [3.05, 3.63) is 54.1 Å². The van der Waals surface area contributed by atoms with Gasteiger partial charge in [0.05, 0.1) is 0 Å². The molecular formula is C20H28N2. The maximum absolute atomic E-state index is 6.72. The molecule has 2 nitrogen and oxygen atoms in total. The smallest absolute Gasteiger partial charge is 0.0287 e. The van der Waals surface area contributed by atoms with Crippen LogP contribution in [0.2, 0.25) is 0 Å². The molecule has 1 aliphatic rings. The van der Waals surface area contributed by atoms with Gasteiger partial charge >= 0.3 is 0 Å². The van der Waals surface area contributed by atoms with E-state index in [0.717, 1.165) is 18.4 Å². The van der Waals surface area contributed by atoms with E-state index in [1.165, 1.54) is 30.4 Å². The number of nitrogens with two attached hydrogens (primary N) is 1. The molecule has 2 rings (SSSR count). The molecule has 1 aromatic rings. The molecule has 0 bridgehead atoms. The highest BCUT2D eigenvalue weighted by Gasteiger charge is 2.34. The van der Waals surface area contributed by atoms with E-state index in [2.05, 4.69) is 42.8 Å². The van der Waals surface area contributed by atoms with Crippen LogP contribution in [0.5, 0.6) is 0 Å². The minimum absolute atomic E-state index is 0.0575. The largest absolute Gasteiger partial charge is 0.325 e. The van der Waals surface area contributed by atoms with Crippen LogP contribution in [0.1, 0.15) is 56.1 Å². The van der Waals surface area contributed by atoms with Gasteiger partial charge < -0.3 is 5.73 Å². The van der Waals surface area contributed by atoms with Gasteiger partial charge in [0.25, 0.3) is 0 Å². The predicted octanol–water partition coefficient (Wildman–Crippen LogP) is 4.72. The van der Waals surface area contributed by atoms with Crippen molar-refractivity contribution in [1.29, 1.82) is 0 Å². The molecule has 1 saturated carbocycles. The normalized spacial score (nSPS) is 20.0. The Morgan fingerprint density at radius 3 is 2.68 bits per heavy atom. The summed E-state index contributed by atoms with van der Waals surface area (Å²) in [6.45, 7) is 6.07. The topological polar surface area (TPSA) is 38.4 Å². The van der Waals surface area contributed by atoms with Crippen LogP contribution in [0.4, 0.5) is 0 Å². The van der Waals surface area contributed by atoms with Crippen LogP contribution in [0.25, 0.3) is 5.57 Å². The second kappa shape index (κ2) is 7.55. The van der Waals surface area contributed by atoms with E-state index < -0.39 is 0 Å². The second-order valence-corrected chi connectivity index (χ2v) is 6.39. The fraction of sp³-hybridized carbons (Fsp3) is 0.450. The molecule has 0 amide bonds. The summed E-state index contributed by atoms with van der Waals surface area (Å²) in [5.41, 5.74) is 10.2. The van der Waals surface area contributed by atoms with Crippen LogP contribution in [0.3, 0.4) is 0 Å². The van der Waals surface area contributed by atoms with Crippen LogP contribution < -0.4 is 5.73 Å². The first-order valence-corrected chi connectivity index (χ1v) is 8.25. The van der Waals surface area contributed by atoms with Gasteiger partial charge in [-0.25, -0.2) is 0 Å². The van der Waals surface area contributed by atoms with E-state index in [0.29, 0.717) is 5.92 Å². The Kier molecular flexibility index (Phi) is 5.73. The Labute approximate surface area is 134 Å². The summed E-state index contributed by atoms with van der Waals surface area (Å²) >= 11 is 0. The van der Waals surface area contributed by atoms with Gasteiger partial charge in [-0.3, -0.25) is 4.99 Å². The molecule has 0 spiro atoms. The zero-order valence-corrected chi connectivity index (χ0v) is 13.9. The third-order valence-electron chi connectivity index (χ3n) is 4.93. The highest BCUT2D eigenvalue weighted by Crippen LogP contribution is 2.38. The lowest BCUT2D eigenvalue weighted by atomic mass is 9.71. The van der Waals surface area contributed by atoms with Crippen LogP contribution in [-0.4, -0.2) is 18.8 Å². The number of rotatable bonds is 5. The van der Waals surface area contributed by atoms with E-state index in [1.807, 2.05) is 12.3 Å². The standard InChI is InChI=1S/C20H28N2/c1-4-9-19(15-22-3)18-11-8-10-17(14-18)16(2)20(21)12-6-5-7-13-20/h4,8-11,14-16H,1,5-7,12-13,21H2,2-3H3/b19-9+,22-15?. The summed E-state index contributed by atoms with van der Waals surface area (Å²) in [5, 5.41) is 0. The van der Waals surface area contributed by atoms with Crippen molar-refractivity contribution < 1.29 is 0 Å². The zero-order valence-electron chi connectivity index (χ0n) is 13.9. The lowest BCUT2D eigenvalue weighted by Crippen LogP contribution is -2.46. The Bertz CT molecular complexity index is 563. The van der Waals surface area contributed by atoms with E-state index in [1.54, 1.807) is 13.1 Å². The Balaban J connectivity index is 2.31. The summed E-state index contributed by atoms with van der Waals surface area (Å²) in [7, 11) is 1.79. The van der Waals surface area contributed by atoms with Gasteiger partial charge in [-0.1, -0.05) is 69.2 Å². The average molecular weight is 296 g/mol. The molecule has 1 aliphatic carbocycles. The Morgan fingerprint density at radius 1 is 1.32 bits per heavy atom. The molecule has 0 aromatic heterocycles. The SMILES string of the molecule is C=C/C=C(\C=NC)c1cccc(C(C)C2(N)CCCCC2)c1. The van der Waals surface area contributed by atoms with Gasteiger partial charge in [-0.15, -0.1) is 0 Å². The summed E-state index contributed by atoms with van der Waals surface area (Å²) in [4.78, 5) is 4.14. The number of nitrogens with zero attached hydrogens (tertiary/aromatic N) is 1. The average Bonchev–Trinajstić information content (AvgIpc) is 2.55. The van der Waals surface area contributed by atoms with Crippen molar-refractivity contribution in [3.63, 3.8) is 0 Å². The summed E-state index contributed by atoms with van der Waals surface area (Å²) in [6.07, 6.45) is 11.8. The minimum atomic E-state index is -0.0575. The van der Waals surface area contributed by atoms with Gasteiger partial charge in [0, 0.05) is 18.8 Å². The molecule has 1 aromatic carbocycles. The molecule has 0 saturated heterocycles. The predicted molar refractivity (Wildman–Crippen MR) is 97.5 cm³/mol. The maximum Gasteiger partial charge on any atom is 0.0287 e. The number of aliphatic imine (C=N–C) groups is 1. The Hall–Kier alpha value is -1.67. The maximum atomic E-state index is 6.72. The van der Waals surface area contributed by atoms with Crippen molar-refractivity contribution in [2.75, 3.05) is 7.05 Å². The number of hydrogen-bond acceptors (Lipinski definition) is 2. The fourth-order valence-corrected chi connectivity index (χ4v) is 3.44. The monoisotopic (exact) mass is 296 g/mol. The highest BCUT2D eigenvalue weighted by atomic mass is 14.8. The lowest BCUT2D eigenvalue weighted by molar-refractivity contribution is 0.256. The van der Waals surface area contributed by atoms with E-state index >= 15 is 0 Å². The van der Waals surface area contributed by atoms with Crippen molar-refractivity contribution in [1.82, 2.24) is 0 Å². The number of benzene rings is 1. The third-order valence-corrected chi connectivity index (χ3v) is 4.93. The number of hydrogen-bond donors (Lipinski definition) is 1. The fourth-order valence-electron chi connectivity index (χ4n) is 3.44. The van der Waals surface area contributed by atoms with E-state index in [9.17, 15) is 0 Å². The first-order valence-electron chi connectivity index (χ1n) is 8.25. The summed E-state index contributed by atoms with van der Waals surface area (Å²) in [6, 6.07) is 8.70. The summed E-state index contributed by atoms with van der Waals surface area (Å²) in [5.74, 6) is 0.372. The molecule has 22 heavy (non-hydrogen) atoms. The van der Waals surface area contributed by atoms with Crippen molar-refractivity contribution in [2.24, 2.45) is 10.7 Å². The van der Waals surface area contributed by atoms with Crippen molar-refractivity contribution in [2.45, 2.75) is 50.5 Å². The molecule has 2 N–H and O–H groups in total. The third kappa shape index (κ3) is 3.75. The van der Waals surface area contributed by atoms with Gasteiger partial charge in [0.1, 0.15) is 0 Å². The van der Waals surface area contributed by atoms with Crippen LogP contribution in [-0.2, 0) is 0 Å². The molecular weight excluding hydrogens is 268 g/mol. The quantitative estimate of drug-likeness (QED) is 0.619.